The van der Waals surface area contributed by atoms with Gasteiger partial charge in [-0.1, -0.05) is 36.4 Å². The molecule has 0 amide bonds. The first kappa shape index (κ1) is 14.9. The summed E-state index contributed by atoms with van der Waals surface area (Å²) in [4.78, 5) is 8.61. The Morgan fingerprint density at radius 1 is 0.800 bits per heavy atom. The van der Waals surface area contributed by atoms with E-state index in [1.807, 2.05) is 26.0 Å². The summed E-state index contributed by atoms with van der Waals surface area (Å²) in [5, 5.41) is 19.5. The number of hydrogen-bond donors (Lipinski definition) is 2. The van der Waals surface area contributed by atoms with Crippen LogP contribution in [0.3, 0.4) is 0 Å². The van der Waals surface area contributed by atoms with Gasteiger partial charge in [0.25, 0.3) is 0 Å². The highest BCUT2D eigenvalue weighted by atomic mass is 17.1. The molecule has 0 heterocycles. The minimum absolute atomic E-state index is 0.214. The largest absolute Gasteiger partial charge is 0.252 e. The van der Waals surface area contributed by atoms with Crippen molar-refractivity contribution < 1.29 is 20.3 Å². The predicted molar refractivity (Wildman–Crippen MR) is 77.7 cm³/mol. The lowest BCUT2D eigenvalue weighted by Gasteiger charge is -2.10. The van der Waals surface area contributed by atoms with Crippen molar-refractivity contribution >= 4 is 10.8 Å². The van der Waals surface area contributed by atoms with Gasteiger partial charge >= 0.3 is 0 Å². The number of rotatable bonds is 6. The van der Waals surface area contributed by atoms with Crippen LogP contribution in [0.5, 0.6) is 0 Å². The third-order valence-electron chi connectivity index (χ3n) is 3.38. The van der Waals surface area contributed by atoms with Crippen molar-refractivity contribution in [3.63, 3.8) is 0 Å². The van der Waals surface area contributed by atoms with Crippen LogP contribution in [0.4, 0.5) is 0 Å². The average Bonchev–Trinajstić information content (AvgIpc) is 2.47. The second-order valence-electron chi connectivity index (χ2n) is 5.26. The first-order valence-electron chi connectivity index (χ1n) is 6.74. The van der Waals surface area contributed by atoms with Crippen molar-refractivity contribution in [1.29, 1.82) is 0 Å². The Bertz CT molecular complexity index is 516. The second-order valence-corrected chi connectivity index (χ2v) is 5.26. The number of fused-ring (bicyclic) bond motifs is 1. The Balaban J connectivity index is 2.20. The Labute approximate surface area is 118 Å². The van der Waals surface area contributed by atoms with Gasteiger partial charge < -0.3 is 0 Å². The maximum Gasteiger partial charge on any atom is 0.0939 e. The zero-order chi connectivity index (χ0) is 14.5. The van der Waals surface area contributed by atoms with Gasteiger partial charge in [0.05, 0.1) is 12.2 Å². The van der Waals surface area contributed by atoms with Crippen LogP contribution < -0.4 is 0 Å². The van der Waals surface area contributed by atoms with Crippen molar-refractivity contribution in [1.82, 2.24) is 0 Å². The van der Waals surface area contributed by atoms with Gasteiger partial charge in [0.2, 0.25) is 0 Å². The van der Waals surface area contributed by atoms with Gasteiger partial charge in [0, 0.05) is 12.8 Å². The third kappa shape index (κ3) is 3.77. The van der Waals surface area contributed by atoms with Crippen LogP contribution in [0.25, 0.3) is 10.8 Å². The summed E-state index contributed by atoms with van der Waals surface area (Å²) in [5.74, 6) is 0. The summed E-state index contributed by atoms with van der Waals surface area (Å²) < 4.78 is 0. The highest BCUT2D eigenvalue weighted by molar-refractivity contribution is 5.83. The van der Waals surface area contributed by atoms with Crippen molar-refractivity contribution in [2.45, 2.75) is 38.9 Å². The maximum absolute atomic E-state index is 8.62. The van der Waals surface area contributed by atoms with Gasteiger partial charge in [-0.15, -0.1) is 0 Å². The standard InChI is InChI=1S/C16H20O4/c1-11(19-17)7-13-3-5-16-10-14(8-12(2)20-18)4-6-15(16)9-13/h3-6,9-12,17-18H,7-8H2,1-2H3. The normalized spacial score (nSPS) is 14.4. The van der Waals surface area contributed by atoms with Crippen LogP contribution in [-0.2, 0) is 22.6 Å². The molecule has 0 aliphatic heterocycles. The second kappa shape index (κ2) is 6.81. The SMILES string of the molecule is CC(Cc1ccc2cc(CC(C)OO)ccc2c1)OO. The van der Waals surface area contributed by atoms with E-state index in [2.05, 4.69) is 34.0 Å². The minimum Gasteiger partial charge on any atom is -0.252 e. The molecule has 4 heteroatoms. The van der Waals surface area contributed by atoms with Gasteiger partial charge in [-0.25, -0.2) is 9.78 Å². The first-order chi connectivity index (χ1) is 9.62. The highest BCUT2D eigenvalue weighted by Gasteiger charge is 2.06. The van der Waals surface area contributed by atoms with Crippen LogP contribution in [0, 0.1) is 0 Å². The lowest BCUT2D eigenvalue weighted by molar-refractivity contribution is -0.273. The van der Waals surface area contributed by atoms with Gasteiger partial charge in [-0.2, -0.15) is 0 Å². The lowest BCUT2D eigenvalue weighted by atomic mass is 10.00. The van der Waals surface area contributed by atoms with E-state index in [-0.39, 0.29) is 12.2 Å². The molecule has 20 heavy (non-hydrogen) atoms. The van der Waals surface area contributed by atoms with Crippen LogP contribution >= 0.6 is 0 Å². The molecule has 2 N–H and O–H groups in total. The molecule has 0 aliphatic carbocycles. The van der Waals surface area contributed by atoms with E-state index in [0.29, 0.717) is 12.8 Å². The minimum atomic E-state index is -0.214. The van der Waals surface area contributed by atoms with E-state index in [1.165, 1.54) is 0 Å². The Morgan fingerprint density at radius 3 is 1.55 bits per heavy atom. The summed E-state index contributed by atoms with van der Waals surface area (Å²) in [6, 6.07) is 12.4. The van der Waals surface area contributed by atoms with E-state index in [4.69, 9.17) is 10.5 Å². The van der Waals surface area contributed by atoms with Crippen molar-refractivity contribution in [2.75, 3.05) is 0 Å². The van der Waals surface area contributed by atoms with Crippen LogP contribution in [0.1, 0.15) is 25.0 Å². The highest BCUT2D eigenvalue weighted by Crippen LogP contribution is 2.20. The molecule has 2 aromatic rings. The number of hydrogen-bond acceptors (Lipinski definition) is 4. The van der Waals surface area contributed by atoms with Crippen molar-refractivity contribution in [3.8, 4) is 0 Å². The molecule has 0 bridgehead atoms. The molecular weight excluding hydrogens is 256 g/mol. The van der Waals surface area contributed by atoms with Gasteiger partial charge in [-0.05, 0) is 35.7 Å². The van der Waals surface area contributed by atoms with Crippen LogP contribution in [0.2, 0.25) is 0 Å². The molecule has 2 atom stereocenters. The summed E-state index contributed by atoms with van der Waals surface area (Å²) >= 11 is 0. The molecule has 4 nitrogen and oxygen atoms in total. The van der Waals surface area contributed by atoms with E-state index in [0.717, 1.165) is 21.9 Å². The fraction of sp³-hybridized carbons (Fsp3) is 0.375. The van der Waals surface area contributed by atoms with E-state index in [1.54, 1.807) is 0 Å². The molecule has 2 aromatic carbocycles. The smallest absolute Gasteiger partial charge is 0.0939 e. The molecule has 0 fully saturated rings. The van der Waals surface area contributed by atoms with Crippen LogP contribution in [-0.4, -0.2) is 22.7 Å². The van der Waals surface area contributed by atoms with E-state index < -0.39 is 0 Å². The fourth-order valence-corrected chi connectivity index (χ4v) is 2.34. The van der Waals surface area contributed by atoms with Gasteiger partial charge in [0.1, 0.15) is 0 Å². The zero-order valence-electron chi connectivity index (χ0n) is 11.7. The topological polar surface area (TPSA) is 58.9 Å². The first-order valence-corrected chi connectivity index (χ1v) is 6.74. The maximum atomic E-state index is 8.62. The Kier molecular flexibility index (Phi) is 5.09. The average molecular weight is 276 g/mol. The zero-order valence-corrected chi connectivity index (χ0v) is 11.7. The van der Waals surface area contributed by atoms with Crippen molar-refractivity contribution in [2.24, 2.45) is 0 Å². The monoisotopic (exact) mass is 276 g/mol. The predicted octanol–water partition coefficient (Wildman–Crippen LogP) is 3.68. The van der Waals surface area contributed by atoms with E-state index in [9.17, 15) is 0 Å². The molecule has 0 aromatic heterocycles. The molecule has 2 rings (SSSR count). The summed E-state index contributed by atoms with van der Waals surface area (Å²) in [7, 11) is 0. The summed E-state index contributed by atoms with van der Waals surface area (Å²) in [6.07, 6.45) is 0.913. The van der Waals surface area contributed by atoms with Gasteiger partial charge in [-0.3, -0.25) is 10.5 Å². The molecule has 0 radical (unpaired) electrons. The van der Waals surface area contributed by atoms with E-state index >= 15 is 0 Å². The molecule has 0 saturated heterocycles. The van der Waals surface area contributed by atoms with Crippen molar-refractivity contribution in [3.05, 3.63) is 47.5 Å². The molecule has 0 spiro atoms. The molecule has 2 unspecified atom stereocenters. The quantitative estimate of drug-likeness (QED) is 0.624. The molecule has 0 saturated carbocycles. The molecule has 108 valence electrons. The van der Waals surface area contributed by atoms with Gasteiger partial charge in [0.15, 0.2) is 0 Å². The number of benzene rings is 2. The molecular formula is C16H20O4. The Morgan fingerprint density at radius 2 is 1.20 bits per heavy atom. The lowest BCUT2D eigenvalue weighted by Crippen LogP contribution is -2.09. The summed E-state index contributed by atoms with van der Waals surface area (Å²) in [5.41, 5.74) is 2.25. The summed E-state index contributed by atoms with van der Waals surface area (Å²) in [6.45, 7) is 3.65. The third-order valence-corrected chi connectivity index (χ3v) is 3.38. The Hall–Kier alpha value is -1.46. The van der Waals surface area contributed by atoms with Crippen LogP contribution in [0.15, 0.2) is 36.4 Å². The molecule has 0 aliphatic rings. The fourth-order valence-electron chi connectivity index (χ4n) is 2.34.